The highest BCUT2D eigenvalue weighted by Gasteiger charge is 2.31. The van der Waals surface area contributed by atoms with Crippen molar-refractivity contribution in [3.63, 3.8) is 0 Å². The zero-order chi connectivity index (χ0) is 15.6. The second kappa shape index (κ2) is 5.47. The van der Waals surface area contributed by atoms with Gasteiger partial charge in [-0.25, -0.2) is 0 Å². The summed E-state index contributed by atoms with van der Waals surface area (Å²) in [5.74, 6) is -0.546. The van der Waals surface area contributed by atoms with E-state index in [1.165, 1.54) is 0 Å². The first-order chi connectivity index (χ1) is 9.79. The monoisotopic (exact) mass is 294 g/mol. The molecule has 3 N–H and O–H groups in total. The fourth-order valence-corrected chi connectivity index (χ4v) is 1.85. The molecule has 2 aromatic carbocycles. The van der Waals surface area contributed by atoms with Crippen molar-refractivity contribution in [3.8, 4) is 0 Å². The van der Waals surface area contributed by atoms with Crippen molar-refractivity contribution < 1.29 is 18.0 Å². The number of para-hydroxylation sites is 1. The fraction of sp³-hybridized carbons (Fsp3) is 0.133. The molecule has 21 heavy (non-hydrogen) atoms. The van der Waals surface area contributed by atoms with Gasteiger partial charge in [-0.2, -0.15) is 13.2 Å². The lowest BCUT2D eigenvalue weighted by molar-refractivity contribution is -0.137. The highest BCUT2D eigenvalue weighted by molar-refractivity contribution is 6.08. The van der Waals surface area contributed by atoms with Gasteiger partial charge in [0.1, 0.15) is 0 Å². The summed E-state index contributed by atoms with van der Waals surface area (Å²) in [6, 6.07) is 9.75. The predicted molar refractivity (Wildman–Crippen MR) is 75.0 cm³/mol. The number of nitrogen functional groups attached to an aromatic ring is 1. The molecule has 2 aromatic rings. The zero-order valence-electron chi connectivity index (χ0n) is 11.2. The van der Waals surface area contributed by atoms with E-state index >= 15 is 0 Å². The molecule has 0 aliphatic carbocycles. The molecular weight excluding hydrogens is 281 g/mol. The molecule has 6 heteroatoms. The Morgan fingerprint density at radius 1 is 1.14 bits per heavy atom. The molecule has 0 spiro atoms. The van der Waals surface area contributed by atoms with Gasteiger partial charge in [0.25, 0.3) is 5.91 Å². The minimum atomic E-state index is -4.49. The summed E-state index contributed by atoms with van der Waals surface area (Å²) in [5, 5.41) is 2.63. The topological polar surface area (TPSA) is 55.1 Å². The Labute approximate surface area is 119 Å². The van der Waals surface area contributed by atoms with Crippen molar-refractivity contribution in [1.29, 1.82) is 0 Å². The van der Waals surface area contributed by atoms with Crippen molar-refractivity contribution in [2.24, 2.45) is 0 Å². The second-order valence-corrected chi connectivity index (χ2v) is 4.57. The third kappa shape index (κ3) is 3.34. The van der Waals surface area contributed by atoms with Crippen LogP contribution in [0.1, 0.15) is 21.5 Å². The maximum absolute atomic E-state index is 12.5. The first-order valence-corrected chi connectivity index (χ1v) is 6.13. The Balaban J connectivity index is 2.26. The Hall–Kier alpha value is -2.50. The largest absolute Gasteiger partial charge is 0.416 e. The standard InChI is InChI=1S/C15H13F3N2O/c1-9-4-2-3-5-13(9)20-14(21)11-7-6-10(8-12(11)19)15(16,17)18/h2-8H,19H2,1H3,(H,20,21). The predicted octanol–water partition coefficient (Wildman–Crippen LogP) is 3.85. The number of anilines is 2. The molecule has 0 bridgehead atoms. The quantitative estimate of drug-likeness (QED) is 0.827. The van der Waals surface area contributed by atoms with Gasteiger partial charge in [0.05, 0.1) is 11.1 Å². The van der Waals surface area contributed by atoms with Crippen LogP contribution in [0.5, 0.6) is 0 Å². The summed E-state index contributed by atoms with van der Waals surface area (Å²) in [4.78, 5) is 12.1. The van der Waals surface area contributed by atoms with Crippen LogP contribution in [0.2, 0.25) is 0 Å². The van der Waals surface area contributed by atoms with E-state index in [2.05, 4.69) is 5.32 Å². The number of rotatable bonds is 2. The van der Waals surface area contributed by atoms with E-state index in [1.54, 1.807) is 12.1 Å². The summed E-state index contributed by atoms with van der Waals surface area (Å²) < 4.78 is 37.6. The molecular formula is C15H13F3N2O. The minimum absolute atomic E-state index is 0.00579. The van der Waals surface area contributed by atoms with E-state index in [-0.39, 0.29) is 11.3 Å². The molecule has 0 saturated heterocycles. The first-order valence-electron chi connectivity index (χ1n) is 6.13. The summed E-state index contributed by atoms with van der Waals surface area (Å²) in [6.07, 6.45) is -4.49. The maximum atomic E-state index is 12.5. The number of hydrogen-bond donors (Lipinski definition) is 2. The van der Waals surface area contributed by atoms with Crippen LogP contribution in [0, 0.1) is 6.92 Å². The third-order valence-electron chi connectivity index (χ3n) is 3.02. The Morgan fingerprint density at radius 2 is 1.81 bits per heavy atom. The number of nitrogens with two attached hydrogens (primary N) is 1. The van der Waals surface area contributed by atoms with E-state index in [1.807, 2.05) is 19.1 Å². The smallest absolute Gasteiger partial charge is 0.398 e. The van der Waals surface area contributed by atoms with Gasteiger partial charge >= 0.3 is 6.18 Å². The van der Waals surface area contributed by atoms with Crippen LogP contribution >= 0.6 is 0 Å². The molecule has 3 nitrogen and oxygen atoms in total. The number of carbonyl (C=O) groups is 1. The molecule has 0 heterocycles. The molecule has 0 fully saturated rings. The normalized spacial score (nSPS) is 11.2. The number of benzene rings is 2. The van der Waals surface area contributed by atoms with Gasteiger partial charge in [-0.1, -0.05) is 18.2 Å². The third-order valence-corrected chi connectivity index (χ3v) is 3.02. The number of halogens is 3. The van der Waals surface area contributed by atoms with E-state index < -0.39 is 17.6 Å². The number of nitrogens with one attached hydrogen (secondary N) is 1. The summed E-state index contributed by atoms with van der Waals surface area (Å²) in [6.45, 7) is 1.81. The molecule has 0 aromatic heterocycles. The number of hydrogen-bond acceptors (Lipinski definition) is 2. The first kappa shape index (κ1) is 14.9. The highest BCUT2D eigenvalue weighted by Crippen LogP contribution is 2.31. The van der Waals surface area contributed by atoms with Crippen molar-refractivity contribution in [3.05, 3.63) is 59.2 Å². The van der Waals surface area contributed by atoms with Crippen molar-refractivity contribution in [2.45, 2.75) is 13.1 Å². The Bertz CT molecular complexity index is 681. The van der Waals surface area contributed by atoms with Crippen LogP contribution in [0.4, 0.5) is 24.5 Å². The lowest BCUT2D eigenvalue weighted by atomic mass is 10.1. The summed E-state index contributed by atoms with van der Waals surface area (Å²) in [5.41, 5.74) is 5.89. The fourth-order valence-electron chi connectivity index (χ4n) is 1.85. The van der Waals surface area contributed by atoms with Gasteiger partial charge in [0.15, 0.2) is 0 Å². The van der Waals surface area contributed by atoms with E-state index in [4.69, 9.17) is 5.73 Å². The van der Waals surface area contributed by atoms with E-state index in [9.17, 15) is 18.0 Å². The van der Waals surface area contributed by atoms with Crippen molar-refractivity contribution in [2.75, 3.05) is 11.1 Å². The van der Waals surface area contributed by atoms with E-state index in [0.29, 0.717) is 5.69 Å². The van der Waals surface area contributed by atoms with Crippen LogP contribution in [0.25, 0.3) is 0 Å². The maximum Gasteiger partial charge on any atom is 0.416 e. The lowest BCUT2D eigenvalue weighted by Crippen LogP contribution is -2.16. The van der Waals surface area contributed by atoms with Crippen LogP contribution in [0.3, 0.4) is 0 Å². The minimum Gasteiger partial charge on any atom is -0.398 e. The average Bonchev–Trinajstić information content (AvgIpc) is 2.40. The van der Waals surface area contributed by atoms with Gasteiger partial charge in [-0.15, -0.1) is 0 Å². The molecule has 0 radical (unpaired) electrons. The average molecular weight is 294 g/mol. The SMILES string of the molecule is Cc1ccccc1NC(=O)c1ccc(C(F)(F)F)cc1N. The molecule has 0 atom stereocenters. The lowest BCUT2D eigenvalue weighted by Gasteiger charge is -2.12. The Kier molecular flexibility index (Phi) is 3.88. The molecule has 110 valence electrons. The molecule has 0 saturated carbocycles. The zero-order valence-corrected chi connectivity index (χ0v) is 11.2. The van der Waals surface area contributed by atoms with Gasteiger partial charge < -0.3 is 11.1 Å². The molecule has 0 unspecified atom stereocenters. The summed E-state index contributed by atoms with van der Waals surface area (Å²) in [7, 11) is 0. The number of carbonyl (C=O) groups excluding carboxylic acids is 1. The second-order valence-electron chi connectivity index (χ2n) is 4.57. The van der Waals surface area contributed by atoms with Crippen molar-refractivity contribution >= 4 is 17.3 Å². The van der Waals surface area contributed by atoms with Gasteiger partial charge in [-0.3, -0.25) is 4.79 Å². The van der Waals surface area contributed by atoms with Crippen molar-refractivity contribution in [1.82, 2.24) is 0 Å². The molecule has 0 aliphatic rings. The van der Waals surface area contributed by atoms with Gasteiger partial charge in [0, 0.05) is 11.4 Å². The Morgan fingerprint density at radius 3 is 2.38 bits per heavy atom. The van der Waals surface area contributed by atoms with Crippen LogP contribution in [-0.2, 0) is 6.18 Å². The molecule has 1 amide bonds. The number of aryl methyl sites for hydroxylation is 1. The molecule has 2 rings (SSSR count). The summed E-state index contributed by atoms with van der Waals surface area (Å²) >= 11 is 0. The van der Waals surface area contributed by atoms with E-state index in [0.717, 1.165) is 23.8 Å². The molecule has 0 aliphatic heterocycles. The van der Waals surface area contributed by atoms with Gasteiger partial charge in [0.2, 0.25) is 0 Å². The van der Waals surface area contributed by atoms with Gasteiger partial charge in [-0.05, 0) is 36.8 Å². The highest BCUT2D eigenvalue weighted by atomic mass is 19.4. The number of amides is 1. The number of alkyl halides is 3. The van der Waals surface area contributed by atoms with Crippen LogP contribution in [0.15, 0.2) is 42.5 Å². The van der Waals surface area contributed by atoms with Crippen LogP contribution in [-0.4, -0.2) is 5.91 Å². The van der Waals surface area contributed by atoms with Crippen LogP contribution < -0.4 is 11.1 Å².